The largest absolute Gasteiger partial charge is 0.346 e. The summed E-state index contributed by atoms with van der Waals surface area (Å²) in [4.78, 5) is 14.3. The number of rotatable bonds is 3. The maximum absolute atomic E-state index is 12.4. The van der Waals surface area contributed by atoms with E-state index >= 15 is 0 Å². The topological polar surface area (TPSA) is 50.8 Å². The monoisotopic (exact) mass is 330 g/mol. The molecule has 130 valence electrons. The molecule has 0 aromatic heterocycles. The summed E-state index contributed by atoms with van der Waals surface area (Å²) in [6.07, 6.45) is 5.13. The van der Waals surface area contributed by atoms with Crippen LogP contribution in [0.25, 0.3) is 0 Å². The number of ether oxygens (including phenoxy) is 2. The van der Waals surface area contributed by atoms with Crippen LogP contribution in [0.5, 0.6) is 0 Å². The van der Waals surface area contributed by atoms with E-state index in [1.54, 1.807) is 0 Å². The molecule has 1 N–H and O–H groups in total. The highest BCUT2D eigenvalue weighted by molar-refractivity contribution is 5.74. The van der Waals surface area contributed by atoms with Gasteiger partial charge in [-0.15, -0.1) is 0 Å². The Hall–Kier alpha value is -1.59. The van der Waals surface area contributed by atoms with Crippen LogP contribution >= 0.6 is 0 Å². The number of hydrogen-bond acceptors (Lipinski definition) is 3. The zero-order chi connectivity index (χ0) is 16.4. The molecule has 5 nitrogen and oxygen atoms in total. The van der Waals surface area contributed by atoms with Crippen LogP contribution in [0, 0.1) is 5.92 Å². The van der Waals surface area contributed by atoms with Crippen molar-refractivity contribution >= 4 is 6.03 Å². The van der Waals surface area contributed by atoms with Gasteiger partial charge in [0.05, 0.1) is 19.8 Å². The van der Waals surface area contributed by atoms with Crippen molar-refractivity contribution < 1.29 is 14.3 Å². The Morgan fingerprint density at radius 1 is 1.21 bits per heavy atom. The molecule has 0 radical (unpaired) electrons. The lowest BCUT2D eigenvalue weighted by Gasteiger charge is -2.38. The Labute approximate surface area is 143 Å². The molecule has 2 heterocycles. The van der Waals surface area contributed by atoms with Gasteiger partial charge in [0.2, 0.25) is 0 Å². The van der Waals surface area contributed by atoms with Crippen molar-refractivity contribution in [2.75, 3.05) is 32.8 Å². The fraction of sp³-hybridized carbons (Fsp3) is 0.632. The van der Waals surface area contributed by atoms with Crippen molar-refractivity contribution in [1.29, 1.82) is 0 Å². The molecule has 1 aromatic carbocycles. The summed E-state index contributed by atoms with van der Waals surface area (Å²) in [6, 6.07) is 8.69. The minimum atomic E-state index is -0.539. The molecule has 1 aliphatic carbocycles. The van der Waals surface area contributed by atoms with E-state index in [2.05, 4.69) is 29.6 Å². The molecule has 5 heteroatoms. The molecule has 0 bridgehead atoms. The smallest absolute Gasteiger partial charge is 0.317 e. The number of amides is 2. The second-order valence-corrected chi connectivity index (χ2v) is 7.20. The molecular weight excluding hydrogens is 304 g/mol. The van der Waals surface area contributed by atoms with Crippen LogP contribution in [0.15, 0.2) is 24.3 Å². The van der Waals surface area contributed by atoms with Gasteiger partial charge in [-0.1, -0.05) is 24.3 Å². The van der Waals surface area contributed by atoms with E-state index in [9.17, 15) is 4.79 Å². The van der Waals surface area contributed by atoms with Gasteiger partial charge in [-0.25, -0.2) is 4.79 Å². The molecule has 4 rings (SSSR count). The lowest BCUT2D eigenvalue weighted by Crippen LogP contribution is -2.53. The van der Waals surface area contributed by atoms with E-state index in [4.69, 9.17) is 9.47 Å². The van der Waals surface area contributed by atoms with Crippen molar-refractivity contribution in [2.24, 2.45) is 5.92 Å². The Balaban J connectivity index is 1.23. The summed E-state index contributed by atoms with van der Waals surface area (Å²) in [5, 5.41) is 3.09. The number of piperidine rings is 1. The van der Waals surface area contributed by atoms with E-state index in [1.807, 2.05) is 4.90 Å². The molecule has 3 aliphatic rings. The molecule has 0 unspecified atom stereocenters. The van der Waals surface area contributed by atoms with E-state index in [-0.39, 0.29) is 6.03 Å². The Morgan fingerprint density at radius 2 is 1.92 bits per heavy atom. The van der Waals surface area contributed by atoms with Gasteiger partial charge < -0.3 is 19.7 Å². The minimum Gasteiger partial charge on any atom is -0.346 e. The highest BCUT2D eigenvalue weighted by Crippen LogP contribution is 2.30. The standard InChI is InChI=1S/C19H26N2O3/c22-18(21-9-3-7-19(14-21)23-10-11-24-19)20-8-6-15-12-16-4-1-2-5-17(16)13-15/h1-2,4-5,15H,3,6-14H2,(H,20,22). The Bertz CT molecular complexity index is 573. The highest BCUT2D eigenvalue weighted by atomic mass is 16.7. The third kappa shape index (κ3) is 3.28. The quantitative estimate of drug-likeness (QED) is 0.925. The fourth-order valence-electron chi connectivity index (χ4n) is 4.24. The van der Waals surface area contributed by atoms with Crippen LogP contribution in [-0.2, 0) is 22.3 Å². The van der Waals surface area contributed by atoms with Crippen molar-refractivity contribution in [3.8, 4) is 0 Å². The summed E-state index contributed by atoms with van der Waals surface area (Å²) in [7, 11) is 0. The number of fused-ring (bicyclic) bond motifs is 1. The summed E-state index contributed by atoms with van der Waals surface area (Å²) in [6.45, 7) is 3.35. The number of urea groups is 1. The molecule has 2 saturated heterocycles. The van der Waals surface area contributed by atoms with E-state index in [0.29, 0.717) is 25.7 Å². The average molecular weight is 330 g/mol. The van der Waals surface area contributed by atoms with Gasteiger partial charge in [-0.05, 0) is 42.7 Å². The van der Waals surface area contributed by atoms with Crippen molar-refractivity contribution in [3.05, 3.63) is 35.4 Å². The number of likely N-dealkylation sites (tertiary alicyclic amines) is 1. The van der Waals surface area contributed by atoms with Gasteiger partial charge in [0.15, 0.2) is 5.79 Å². The second-order valence-electron chi connectivity index (χ2n) is 7.20. The minimum absolute atomic E-state index is 0.0173. The number of carbonyl (C=O) groups excluding carboxylic acids is 1. The van der Waals surface area contributed by atoms with E-state index in [0.717, 1.165) is 45.2 Å². The first-order chi connectivity index (χ1) is 11.7. The van der Waals surface area contributed by atoms with Gasteiger partial charge in [-0.3, -0.25) is 0 Å². The number of nitrogens with one attached hydrogen (secondary N) is 1. The zero-order valence-corrected chi connectivity index (χ0v) is 14.1. The SMILES string of the molecule is O=C(NCCC1Cc2ccccc2C1)N1CCCC2(C1)OCCO2. The lowest BCUT2D eigenvalue weighted by molar-refractivity contribution is -0.182. The second kappa shape index (κ2) is 6.73. The number of nitrogens with zero attached hydrogens (tertiary/aromatic N) is 1. The van der Waals surface area contributed by atoms with Crippen LogP contribution < -0.4 is 5.32 Å². The van der Waals surface area contributed by atoms with Crippen LogP contribution in [0.1, 0.15) is 30.4 Å². The first-order valence-corrected chi connectivity index (χ1v) is 9.12. The van der Waals surface area contributed by atoms with Gasteiger partial charge >= 0.3 is 6.03 Å². The third-order valence-corrected chi connectivity index (χ3v) is 5.48. The zero-order valence-electron chi connectivity index (χ0n) is 14.1. The van der Waals surface area contributed by atoms with Crippen LogP contribution in [0.2, 0.25) is 0 Å². The lowest BCUT2D eigenvalue weighted by atomic mass is 10.0. The molecule has 1 spiro atoms. The first-order valence-electron chi connectivity index (χ1n) is 9.12. The van der Waals surface area contributed by atoms with Crippen LogP contribution in [-0.4, -0.2) is 49.6 Å². The van der Waals surface area contributed by atoms with Crippen molar-refractivity contribution in [2.45, 2.75) is 37.9 Å². The van der Waals surface area contributed by atoms with Gasteiger partial charge in [0, 0.05) is 19.5 Å². The Morgan fingerprint density at radius 3 is 2.62 bits per heavy atom. The fourth-order valence-corrected chi connectivity index (χ4v) is 4.24. The average Bonchev–Trinajstić information content (AvgIpc) is 3.21. The first kappa shape index (κ1) is 15.9. The molecule has 2 fully saturated rings. The van der Waals surface area contributed by atoms with E-state index < -0.39 is 5.79 Å². The van der Waals surface area contributed by atoms with Crippen LogP contribution in [0.3, 0.4) is 0 Å². The summed E-state index contributed by atoms with van der Waals surface area (Å²) < 4.78 is 11.5. The van der Waals surface area contributed by atoms with Gasteiger partial charge in [0.1, 0.15) is 0 Å². The summed E-state index contributed by atoms with van der Waals surface area (Å²) >= 11 is 0. The molecular formula is C19H26N2O3. The number of hydrogen-bond donors (Lipinski definition) is 1. The van der Waals surface area contributed by atoms with Crippen molar-refractivity contribution in [1.82, 2.24) is 10.2 Å². The van der Waals surface area contributed by atoms with Gasteiger partial charge in [0.25, 0.3) is 0 Å². The molecule has 1 aromatic rings. The van der Waals surface area contributed by atoms with E-state index in [1.165, 1.54) is 11.1 Å². The predicted molar refractivity (Wildman–Crippen MR) is 90.8 cm³/mol. The van der Waals surface area contributed by atoms with Gasteiger partial charge in [-0.2, -0.15) is 0 Å². The molecule has 2 amide bonds. The maximum Gasteiger partial charge on any atom is 0.317 e. The molecule has 0 saturated carbocycles. The van der Waals surface area contributed by atoms with Crippen LogP contribution in [0.4, 0.5) is 4.79 Å². The van der Waals surface area contributed by atoms with Crippen molar-refractivity contribution in [3.63, 3.8) is 0 Å². The Kier molecular flexibility index (Phi) is 4.46. The highest BCUT2D eigenvalue weighted by Gasteiger charge is 2.42. The number of benzene rings is 1. The molecule has 2 aliphatic heterocycles. The number of carbonyl (C=O) groups is 1. The normalized spacial score (nSPS) is 22.8. The third-order valence-electron chi connectivity index (χ3n) is 5.48. The summed E-state index contributed by atoms with van der Waals surface area (Å²) in [5.41, 5.74) is 2.95. The predicted octanol–water partition coefficient (Wildman–Crippen LogP) is 2.34. The maximum atomic E-state index is 12.4. The molecule has 24 heavy (non-hydrogen) atoms. The summed E-state index contributed by atoms with van der Waals surface area (Å²) in [5.74, 6) is 0.111. The molecule has 0 atom stereocenters.